The van der Waals surface area contributed by atoms with Crippen molar-refractivity contribution in [3.63, 3.8) is 0 Å². The molecule has 0 aliphatic carbocycles. The summed E-state index contributed by atoms with van der Waals surface area (Å²) in [5.41, 5.74) is 1.13. The number of hydrogen-bond acceptors (Lipinski definition) is 2. The monoisotopic (exact) mass is 332 g/mol. The largest absolute Gasteiger partial charge is 0.356 e. The molecule has 0 fully saturated rings. The van der Waals surface area contributed by atoms with Gasteiger partial charge in [0.15, 0.2) is 0 Å². The van der Waals surface area contributed by atoms with Crippen molar-refractivity contribution in [2.45, 2.75) is 26.3 Å². The van der Waals surface area contributed by atoms with Crippen molar-refractivity contribution in [3.8, 4) is 0 Å². The molecule has 0 heterocycles. The first-order chi connectivity index (χ1) is 8.63. The Balaban J connectivity index is 2.23. The lowest BCUT2D eigenvalue weighted by Crippen LogP contribution is -2.28. The number of hydrogen-bond donors (Lipinski definition) is 2. The first-order valence-corrected chi connectivity index (χ1v) is 7.22. The first-order valence-electron chi connectivity index (χ1n) is 6.04. The van der Waals surface area contributed by atoms with Crippen LogP contribution in [0.15, 0.2) is 22.7 Å². The third-order valence-electron chi connectivity index (χ3n) is 2.43. The molecule has 5 heteroatoms. The summed E-state index contributed by atoms with van der Waals surface area (Å²) in [7, 11) is 0. The topological polar surface area (TPSA) is 41.1 Å². The van der Waals surface area contributed by atoms with Crippen LogP contribution in [-0.2, 0) is 11.3 Å². The lowest BCUT2D eigenvalue weighted by Gasteiger charge is -2.07. The van der Waals surface area contributed by atoms with E-state index >= 15 is 0 Å². The molecule has 1 amide bonds. The summed E-state index contributed by atoms with van der Waals surface area (Å²) >= 11 is 9.32. The van der Waals surface area contributed by atoms with Crippen LogP contribution >= 0.6 is 27.5 Å². The Bertz CT molecular complexity index is 399. The van der Waals surface area contributed by atoms with Crippen LogP contribution < -0.4 is 10.6 Å². The van der Waals surface area contributed by atoms with Crippen molar-refractivity contribution in [1.29, 1.82) is 0 Å². The molecule has 100 valence electrons. The maximum atomic E-state index is 11.3. The highest BCUT2D eigenvalue weighted by Crippen LogP contribution is 2.21. The fourth-order valence-electron chi connectivity index (χ4n) is 1.44. The van der Waals surface area contributed by atoms with E-state index in [1.165, 1.54) is 0 Å². The second-order valence-corrected chi connectivity index (χ2v) is 5.30. The average Bonchev–Trinajstić information content (AvgIpc) is 2.34. The molecular formula is C13H18BrClN2O. The zero-order valence-electron chi connectivity index (χ0n) is 10.4. The van der Waals surface area contributed by atoms with Crippen LogP contribution in [0.25, 0.3) is 0 Å². The number of benzene rings is 1. The van der Waals surface area contributed by atoms with Crippen molar-refractivity contribution in [3.05, 3.63) is 33.3 Å². The van der Waals surface area contributed by atoms with Gasteiger partial charge in [-0.05, 0) is 24.1 Å². The van der Waals surface area contributed by atoms with E-state index < -0.39 is 0 Å². The lowest BCUT2D eigenvalue weighted by molar-refractivity contribution is -0.120. The summed E-state index contributed by atoms with van der Waals surface area (Å²) in [4.78, 5) is 11.3. The van der Waals surface area contributed by atoms with Crippen molar-refractivity contribution < 1.29 is 4.79 Å². The fourth-order valence-corrected chi connectivity index (χ4v) is 2.27. The van der Waals surface area contributed by atoms with Gasteiger partial charge in [-0.15, -0.1) is 0 Å². The highest BCUT2D eigenvalue weighted by atomic mass is 79.9. The molecule has 0 aliphatic rings. The number of rotatable bonds is 7. The van der Waals surface area contributed by atoms with Crippen LogP contribution in [0.3, 0.4) is 0 Å². The third kappa shape index (κ3) is 5.85. The van der Waals surface area contributed by atoms with E-state index in [0.29, 0.717) is 18.0 Å². The third-order valence-corrected chi connectivity index (χ3v) is 3.40. The predicted octanol–water partition coefficient (Wildman–Crippen LogP) is 3.11. The van der Waals surface area contributed by atoms with E-state index in [9.17, 15) is 4.79 Å². The van der Waals surface area contributed by atoms with Gasteiger partial charge < -0.3 is 10.6 Å². The maximum Gasteiger partial charge on any atom is 0.221 e. The van der Waals surface area contributed by atoms with Gasteiger partial charge in [-0.2, -0.15) is 0 Å². The van der Waals surface area contributed by atoms with E-state index in [2.05, 4.69) is 26.6 Å². The molecule has 0 radical (unpaired) electrons. The Morgan fingerprint density at radius 3 is 2.83 bits per heavy atom. The van der Waals surface area contributed by atoms with Gasteiger partial charge in [0.1, 0.15) is 0 Å². The minimum absolute atomic E-state index is 0.0968. The van der Waals surface area contributed by atoms with Crippen LogP contribution in [0, 0.1) is 0 Å². The van der Waals surface area contributed by atoms with Crippen LogP contribution in [0.2, 0.25) is 5.02 Å². The Kier molecular flexibility index (Phi) is 7.32. The SMILES string of the molecule is CCCNC(=O)CCNCc1ccc(Cl)cc1Br. The molecule has 18 heavy (non-hydrogen) atoms. The zero-order chi connectivity index (χ0) is 13.4. The molecule has 0 atom stereocenters. The second kappa shape index (κ2) is 8.51. The van der Waals surface area contributed by atoms with Crippen LogP contribution in [0.4, 0.5) is 0 Å². The van der Waals surface area contributed by atoms with Crippen molar-refractivity contribution in [1.82, 2.24) is 10.6 Å². The highest BCUT2D eigenvalue weighted by molar-refractivity contribution is 9.10. The summed E-state index contributed by atoms with van der Waals surface area (Å²) in [5, 5.41) is 6.79. The van der Waals surface area contributed by atoms with E-state index in [4.69, 9.17) is 11.6 Å². The van der Waals surface area contributed by atoms with Gasteiger partial charge in [-0.25, -0.2) is 0 Å². The van der Waals surface area contributed by atoms with Gasteiger partial charge in [0.25, 0.3) is 0 Å². The molecule has 1 aromatic rings. The van der Waals surface area contributed by atoms with Crippen molar-refractivity contribution >= 4 is 33.4 Å². The minimum Gasteiger partial charge on any atom is -0.356 e. The Labute approximate surface area is 121 Å². The van der Waals surface area contributed by atoms with Gasteiger partial charge in [0, 0.05) is 35.6 Å². The van der Waals surface area contributed by atoms with Crippen LogP contribution in [-0.4, -0.2) is 19.0 Å². The Morgan fingerprint density at radius 2 is 2.17 bits per heavy atom. The van der Waals surface area contributed by atoms with Gasteiger partial charge >= 0.3 is 0 Å². The number of carbonyl (C=O) groups excluding carboxylic acids is 1. The number of halogens is 2. The summed E-state index contributed by atoms with van der Waals surface area (Å²) < 4.78 is 0.984. The van der Waals surface area contributed by atoms with Gasteiger partial charge in [-0.3, -0.25) is 4.79 Å². The van der Waals surface area contributed by atoms with E-state index in [1.807, 2.05) is 25.1 Å². The summed E-state index contributed by atoms with van der Waals surface area (Å²) in [5.74, 6) is 0.0968. The van der Waals surface area contributed by atoms with E-state index in [1.54, 1.807) is 0 Å². The summed E-state index contributed by atoms with van der Waals surface area (Å²) in [6, 6.07) is 5.69. The average molecular weight is 334 g/mol. The van der Waals surface area contributed by atoms with Gasteiger partial charge in [0.2, 0.25) is 5.91 Å². The molecule has 1 aromatic carbocycles. The maximum absolute atomic E-state index is 11.3. The quantitative estimate of drug-likeness (QED) is 0.753. The first kappa shape index (κ1) is 15.5. The fraction of sp³-hybridized carbons (Fsp3) is 0.462. The molecule has 0 unspecified atom stereocenters. The zero-order valence-corrected chi connectivity index (χ0v) is 12.8. The van der Waals surface area contributed by atoms with Crippen LogP contribution in [0.5, 0.6) is 0 Å². The highest BCUT2D eigenvalue weighted by Gasteiger charge is 2.02. The van der Waals surface area contributed by atoms with E-state index in [-0.39, 0.29) is 5.91 Å². The number of carbonyl (C=O) groups is 1. The molecule has 0 spiro atoms. The normalized spacial score (nSPS) is 10.4. The molecule has 1 rings (SSSR count). The molecular weight excluding hydrogens is 316 g/mol. The molecule has 0 aliphatic heterocycles. The smallest absolute Gasteiger partial charge is 0.221 e. The predicted molar refractivity (Wildman–Crippen MR) is 78.8 cm³/mol. The number of nitrogens with one attached hydrogen (secondary N) is 2. The second-order valence-electron chi connectivity index (χ2n) is 4.01. The Hall–Kier alpha value is -0.580. The Morgan fingerprint density at radius 1 is 1.39 bits per heavy atom. The lowest BCUT2D eigenvalue weighted by atomic mass is 10.2. The van der Waals surface area contributed by atoms with E-state index in [0.717, 1.165) is 29.5 Å². The van der Waals surface area contributed by atoms with Gasteiger partial charge in [0.05, 0.1) is 0 Å². The molecule has 0 aromatic heterocycles. The molecule has 2 N–H and O–H groups in total. The summed E-state index contributed by atoms with van der Waals surface area (Å²) in [6.07, 6.45) is 1.47. The number of amides is 1. The summed E-state index contributed by atoms with van der Waals surface area (Å²) in [6.45, 7) is 4.18. The van der Waals surface area contributed by atoms with Crippen LogP contribution in [0.1, 0.15) is 25.3 Å². The van der Waals surface area contributed by atoms with Crippen molar-refractivity contribution in [2.24, 2.45) is 0 Å². The molecule has 0 saturated heterocycles. The van der Waals surface area contributed by atoms with Gasteiger partial charge in [-0.1, -0.05) is 40.5 Å². The standard InChI is InChI=1S/C13H18BrClN2O/c1-2-6-17-13(18)5-7-16-9-10-3-4-11(15)8-12(10)14/h3-4,8,16H,2,5-7,9H2,1H3,(H,17,18). The molecule has 0 saturated carbocycles. The minimum atomic E-state index is 0.0968. The molecule has 0 bridgehead atoms. The molecule has 3 nitrogen and oxygen atoms in total. The van der Waals surface area contributed by atoms with Crippen molar-refractivity contribution in [2.75, 3.05) is 13.1 Å².